The lowest BCUT2D eigenvalue weighted by Crippen LogP contribution is -2.01. The summed E-state index contributed by atoms with van der Waals surface area (Å²) in [6, 6.07) is 0. The summed E-state index contributed by atoms with van der Waals surface area (Å²) in [6.45, 7) is 0. The van der Waals surface area contributed by atoms with Crippen LogP contribution in [0.3, 0.4) is 0 Å². The van der Waals surface area contributed by atoms with Crippen molar-refractivity contribution in [2.45, 2.75) is 192 Å². The van der Waals surface area contributed by atoms with Crippen molar-refractivity contribution in [3.8, 4) is 48.4 Å². The van der Waals surface area contributed by atoms with Crippen molar-refractivity contribution < 1.29 is 15.3 Å². The molecule has 3 atom stereocenters. The molecule has 0 saturated carbocycles. The van der Waals surface area contributed by atoms with Gasteiger partial charge in [0.25, 0.3) is 0 Å². The molecule has 3 nitrogen and oxygen atoms in total. The van der Waals surface area contributed by atoms with E-state index in [1.807, 2.05) is 18.2 Å². The van der Waals surface area contributed by atoms with Gasteiger partial charge in [-0.1, -0.05) is 149 Å². The second-order valence-corrected chi connectivity index (χ2v) is 13.1. The van der Waals surface area contributed by atoms with Crippen LogP contribution in [0.1, 0.15) is 173 Å². The summed E-state index contributed by atoms with van der Waals surface area (Å²) < 4.78 is 0. The van der Waals surface area contributed by atoms with Gasteiger partial charge in [-0.25, -0.2) is 0 Å². The van der Waals surface area contributed by atoms with Crippen LogP contribution in [-0.4, -0.2) is 33.6 Å². The van der Waals surface area contributed by atoms with Gasteiger partial charge >= 0.3 is 0 Å². The Labute approximate surface area is 303 Å². The topological polar surface area (TPSA) is 60.7 Å². The van der Waals surface area contributed by atoms with E-state index in [2.05, 4.69) is 59.8 Å². The summed E-state index contributed by atoms with van der Waals surface area (Å²) in [7, 11) is 0. The van der Waals surface area contributed by atoms with Crippen LogP contribution in [-0.2, 0) is 0 Å². The maximum absolute atomic E-state index is 10.2. The van der Waals surface area contributed by atoms with Crippen LogP contribution >= 0.6 is 0 Å². The predicted octanol–water partition coefficient (Wildman–Crippen LogP) is 11.1. The van der Waals surface area contributed by atoms with Gasteiger partial charge in [0.2, 0.25) is 0 Å². The maximum Gasteiger partial charge on any atom is 0.176 e. The highest BCUT2D eigenvalue weighted by atomic mass is 16.3. The van der Waals surface area contributed by atoms with E-state index in [1.165, 1.54) is 70.6 Å². The molecule has 0 aliphatic heterocycles. The first-order valence-electron chi connectivity index (χ1n) is 19.7. The van der Waals surface area contributed by atoms with Crippen molar-refractivity contribution in [3.63, 3.8) is 0 Å². The first-order chi connectivity index (χ1) is 24.1. The van der Waals surface area contributed by atoms with E-state index in [4.69, 9.17) is 12.8 Å². The molecular weight excluding hydrogens is 601 g/mol. The molecular formula is C46H70O3. The van der Waals surface area contributed by atoms with Crippen LogP contribution in [0.2, 0.25) is 0 Å². The number of rotatable bonds is 31. The molecule has 0 aliphatic rings. The second kappa shape index (κ2) is 39.5. The van der Waals surface area contributed by atoms with Crippen molar-refractivity contribution in [3.05, 3.63) is 48.6 Å². The third-order valence-electron chi connectivity index (χ3n) is 8.41. The second-order valence-electron chi connectivity index (χ2n) is 13.1. The Hall–Kier alpha value is -2.92. The third kappa shape index (κ3) is 39.4. The van der Waals surface area contributed by atoms with E-state index < -0.39 is 12.2 Å². The van der Waals surface area contributed by atoms with Gasteiger partial charge in [0.1, 0.15) is 6.10 Å². The fourth-order valence-electron chi connectivity index (χ4n) is 5.43. The lowest BCUT2D eigenvalue weighted by atomic mass is 10.0. The minimum absolute atomic E-state index is 0.306. The molecule has 0 aliphatic carbocycles. The van der Waals surface area contributed by atoms with E-state index in [0.29, 0.717) is 0 Å². The zero-order chi connectivity index (χ0) is 35.7. The smallest absolute Gasteiger partial charge is 0.176 e. The van der Waals surface area contributed by atoms with Gasteiger partial charge in [-0.15, -0.1) is 12.8 Å². The highest BCUT2D eigenvalue weighted by Gasteiger charge is 1.99. The Morgan fingerprint density at radius 2 is 0.857 bits per heavy atom. The summed E-state index contributed by atoms with van der Waals surface area (Å²) in [4.78, 5) is 0. The molecule has 0 heterocycles. The summed E-state index contributed by atoms with van der Waals surface area (Å²) >= 11 is 0. The quantitative estimate of drug-likeness (QED) is 0.0391. The van der Waals surface area contributed by atoms with E-state index in [1.54, 1.807) is 6.08 Å². The van der Waals surface area contributed by atoms with Crippen LogP contribution in [0.4, 0.5) is 0 Å². The Morgan fingerprint density at radius 3 is 1.39 bits per heavy atom. The molecule has 272 valence electrons. The molecule has 0 spiro atoms. The molecule has 0 bridgehead atoms. The van der Waals surface area contributed by atoms with Gasteiger partial charge in [0.15, 0.2) is 6.10 Å². The van der Waals surface area contributed by atoms with E-state index >= 15 is 0 Å². The highest BCUT2D eigenvalue weighted by Crippen LogP contribution is 2.13. The number of unbranched alkanes of at least 4 members (excludes halogenated alkanes) is 22. The molecule has 0 aromatic heterocycles. The number of hydrogen-bond donors (Lipinski definition) is 3. The van der Waals surface area contributed by atoms with E-state index in [-0.39, 0.29) is 6.10 Å². The normalized spacial score (nSPS) is 13.2. The minimum atomic E-state index is -0.851. The lowest BCUT2D eigenvalue weighted by Gasteiger charge is -2.04. The van der Waals surface area contributed by atoms with Crippen LogP contribution in [0.5, 0.6) is 0 Å². The van der Waals surface area contributed by atoms with E-state index in [9.17, 15) is 15.3 Å². The number of terminal acetylenes is 2. The zero-order valence-electron chi connectivity index (χ0n) is 30.9. The SMILES string of the molecule is C#C/C=C\CCCCCCCCCCCCC/C=C/[C@@H](O)CCCC/C=C\CCCCC#C[C@H](O)C#CCCCCCC/C=C/[C@@H](O)C#C. The molecule has 0 aromatic carbocycles. The summed E-state index contributed by atoms with van der Waals surface area (Å²) in [5.41, 5.74) is 0. The Morgan fingerprint density at radius 1 is 0.449 bits per heavy atom. The van der Waals surface area contributed by atoms with Crippen molar-refractivity contribution in [1.29, 1.82) is 0 Å². The Kier molecular flexibility index (Phi) is 37.2. The number of hydrogen-bond acceptors (Lipinski definition) is 3. The Balaban J connectivity index is 3.51. The van der Waals surface area contributed by atoms with E-state index in [0.717, 1.165) is 103 Å². The number of allylic oxidation sites excluding steroid dienone is 6. The molecule has 0 saturated heterocycles. The van der Waals surface area contributed by atoms with Gasteiger partial charge in [-0.3, -0.25) is 0 Å². The molecule has 0 aromatic rings. The first-order valence-corrected chi connectivity index (χ1v) is 19.7. The van der Waals surface area contributed by atoms with Crippen molar-refractivity contribution >= 4 is 0 Å². The molecule has 0 amide bonds. The summed E-state index contributed by atoms with van der Waals surface area (Å²) in [6.07, 6.45) is 55.6. The predicted molar refractivity (Wildman–Crippen MR) is 212 cm³/mol. The summed E-state index contributed by atoms with van der Waals surface area (Å²) in [5.74, 6) is 16.6. The molecule has 49 heavy (non-hydrogen) atoms. The largest absolute Gasteiger partial charge is 0.389 e. The van der Waals surface area contributed by atoms with Gasteiger partial charge in [0.05, 0.1) is 6.10 Å². The summed E-state index contributed by atoms with van der Waals surface area (Å²) in [5, 5.41) is 29.4. The highest BCUT2D eigenvalue weighted by molar-refractivity contribution is 5.19. The number of aliphatic hydroxyl groups is 3. The standard InChI is InChI=1S/C46H70O3/c1-3-5-6-7-8-9-10-11-12-13-14-15-16-19-25-30-35-40-45(48)41-36-31-26-20-17-18-21-27-32-37-42-46(49)43-38-33-28-23-22-24-29-34-39-44(47)4-2/h1-2,5-6,17,20,34-35,39-40,44-49H,7-16,18-19,21-33,36,41H2/b6-5-,20-17-,39-34+,40-35+/t44-,45+,46-/m0/s1. The monoisotopic (exact) mass is 671 g/mol. The maximum atomic E-state index is 10.2. The van der Waals surface area contributed by atoms with Crippen molar-refractivity contribution in [2.24, 2.45) is 0 Å². The molecule has 0 radical (unpaired) electrons. The lowest BCUT2D eigenvalue weighted by molar-refractivity contribution is 0.208. The minimum Gasteiger partial charge on any atom is -0.389 e. The number of aliphatic hydroxyl groups excluding tert-OH is 3. The third-order valence-corrected chi connectivity index (χ3v) is 8.41. The average Bonchev–Trinajstić information content (AvgIpc) is 3.10. The molecule has 3 heteroatoms. The van der Waals surface area contributed by atoms with Gasteiger partial charge in [-0.05, 0) is 95.6 Å². The van der Waals surface area contributed by atoms with Crippen molar-refractivity contribution in [2.75, 3.05) is 0 Å². The van der Waals surface area contributed by atoms with Crippen LogP contribution < -0.4 is 0 Å². The average molecular weight is 671 g/mol. The van der Waals surface area contributed by atoms with Gasteiger partial charge in [-0.2, -0.15) is 0 Å². The fraction of sp³-hybridized carbons (Fsp3) is 0.652. The molecule has 0 unspecified atom stereocenters. The van der Waals surface area contributed by atoms with Gasteiger partial charge < -0.3 is 15.3 Å². The van der Waals surface area contributed by atoms with Crippen molar-refractivity contribution in [1.82, 2.24) is 0 Å². The molecule has 0 fully saturated rings. The van der Waals surface area contributed by atoms with Crippen LogP contribution in [0.25, 0.3) is 0 Å². The van der Waals surface area contributed by atoms with Crippen LogP contribution in [0, 0.1) is 48.4 Å². The molecule has 0 rings (SSSR count). The van der Waals surface area contributed by atoms with Gasteiger partial charge in [0, 0.05) is 12.8 Å². The first kappa shape index (κ1) is 46.1. The zero-order valence-corrected chi connectivity index (χ0v) is 30.9. The van der Waals surface area contributed by atoms with Crippen LogP contribution in [0.15, 0.2) is 48.6 Å². The molecule has 3 N–H and O–H groups in total. The Bertz CT molecular complexity index is 1060. The fourth-order valence-corrected chi connectivity index (χ4v) is 5.43.